The van der Waals surface area contributed by atoms with Gasteiger partial charge in [-0.05, 0) is 38.7 Å². The van der Waals surface area contributed by atoms with Crippen LogP contribution < -0.4 is 10.1 Å². The molecule has 1 saturated carbocycles. The van der Waals surface area contributed by atoms with E-state index in [2.05, 4.69) is 31.3 Å². The molecule has 1 aromatic carbocycles. The van der Waals surface area contributed by atoms with Crippen LogP contribution in [0.5, 0.6) is 5.75 Å². The first-order valence-corrected chi connectivity index (χ1v) is 8.11. The number of hydrogen-bond acceptors (Lipinski definition) is 2. The van der Waals surface area contributed by atoms with E-state index >= 15 is 0 Å². The highest BCUT2D eigenvalue weighted by molar-refractivity contribution is 5.35. The molecule has 2 heteroatoms. The van der Waals surface area contributed by atoms with Gasteiger partial charge in [0.15, 0.2) is 0 Å². The van der Waals surface area contributed by atoms with Crippen molar-refractivity contribution < 1.29 is 4.74 Å². The molecule has 1 N–H and O–H groups in total. The first-order valence-electron chi connectivity index (χ1n) is 8.11. The van der Waals surface area contributed by atoms with Crippen molar-refractivity contribution in [2.45, 2.75) is 64.5 Å². The lowest BCUT2D eigenvalue weighted by atomic mass is 9.92. The molecule has 0 heterocycles. The smallest absolute Gasteiger partial charge is 0.123 e. The molecule has 1 aliphatic rings. The van der Waals surface area contributed by atoms with Gasteiger partial charge < -0.3 is 10.1 Å². The minimum atomic E-state index is 0.337. The van der Waals surface area contributed by atoms with Crippen LogP contribution in [-0.2, 0) is 0 Å². The largest absolute Gasteiger partial charge is 0.496 e. The van der Waals surface area contributed by atoms with E-state index in [1.54, 1.807) is 7.11 Å². The van der Waals surface area contributed by atoms with Crippen LogP contribution in [0.2, 0.25) is 0 Å². The number of ether oxygens (including phenoxy) is 1. The predicted octanol–water partition coefficient (Wildman–Crippen LogP) is 4.70. The van der Waals surface area contributed by atoms with Crippen LogP contribution in [0, 0.1) is 5.92 Å². The van der Waals surface area contributed by atoms with Crippen LogP contribution in [-0.4, -0.2) is 13.2 Å². The lowest BCUT2D eigenvalue weighted by Gasteiger charge is -2.28. The zero-order valence-electron chi connectivity index (χ0n) is 13.2. The molecular formula is C18H29NO. The van der Waals surface area contributed by atoms with Gasteiger partial charge in [-0.2, -0.15) is 0 Å². The topological polar surface area (TPSA) is 21.3 Å². The summed E-state index contributed by atoms with van der Waals surface area (Å²) in [5, 5.41) is 3.79. The Hall–Kier alpha value is -1.02. The number of methoxy groups -OCH3 is 1. The minimum Gasteiger partial charge on any atom is -0.496 e. The van der Waals surface area contributed by atoms with Gasteiger partial charge in [0.25, 0.3) is 0 Å². The van der Waals surface area contributed by atoms with Gasteiger partial charge in [0.2, 0.25) is 0 Å². The Bertz CT molecular complexity index is 396. The maximum atomic E-state index is 5.47. The predicted molar refractivity (Wildman–Crippen MR) is 85.2 cm³/mol. The number of hydrogen-bond donors (Lipinski definition) is 1. The molecule has 1 unspecified atom stereocenters. The van der Waals surface area contributed by atoms with E-state index in [1.165, 1.54) is 44.1 Å². The number of para-hydroxylation sites is 1. The fourth-order valence-electron chi connectivity index (χ4n) is 3.46. The van der Waals surface area contributed by atoms with Gasteiger partial charge in [-0.25, -0.2) is 0 Å². The van der Waals surface area contributed by atoms with Crippen molar-refractivity contribution in [1.82, 2.24) is 5.32 Å². The molecule has 2 rings (SSSR count). The number of nitrogens with one attached hydrogen (secondary N) is 1. The van der Waals surface area contributed by atoms with Gasteiger partial charge >= 0.3 is 0 Å². The second kappa shape index (κ2) is 7.68. The molecule has 1 aliphatic carbocycles. The summed E-state index contributed by atoms with van der Waals surface area (Å²) in [6.07, 6.45) is 8.41. The lowest BCUT2D eigenvalue weighted by molar-refractivity contribution is 0.312. The van der Waals surface area contributed by atoms with Crippen LogP contribution in [0.3, 0.4) is 0 Å². The maximum Gasteiger partial charge on any atom is 0.123 e. The van der Waals surface area contributed by atoms with Crippen LogP contribution in [0.15, 0.2) is 24.3 Å². The van der Waals surface area contributed by atoms with Gasteiger partial charge in [0, 0.05) is 17.6 Å². The molecule has 0 bridgehead atoms. The highest BCUT2D eigenvalue weighted by Gasteiger charge is 2.21. The molecule has 1 fully saturated rings. The van der Waals surface area contributed by atoms with Crippen molar-refractivity contribution in [1.29, 1.82) is 0 Å². The fraction of sp³-hybridized carbons (Fsp3) is 0.667. The highest BCUT2D eigenvalue weighted by atomic mass is 16.5. The summed E-state index contributed by atoms with van der Waals surface area (Å²) in [5.41, 5.74) is 1.26. The summed E-state index contributed by atoms with van der Waals surface area (Å²) in [6, 6.07) is 9.24. The molecule has 0 spiro atoms. The van der Waals surface area contributed by atoms with Gasteiger partial charge in [-0.3, -0.25) is 0 Å². The van der Waals surface area contributed by atoms with Crippen molar-refractivity contribution in [2.24, 2.45) is 5.92 Å². The van der Waals surface area contributed by atoms with Gasteiger partial charge in [0.1, 0.15) is 5.75 Å². The summed E-state index contributed by atoms with van der Waals surface area (Å²) in [4.78, 5) is 0. The van der Waals surface area contributed by atoms with Crippen LogP contribution >= 0.6 is 0 Å². The second-order valence-corrected chi connectivity index (χ2v) is 6.17. The molecule has 2 atom stereocenters. The zero-order valence-corrected chi connectivity index (χ0v) is 13.2. The Morgan fingerprint density at radius 2 is 1.70 bits per heavy atom. The quantitative estimate of drug-likeness (QED) is 0.786. The SMILES string of the molecule is COc1ccccc1C(C)N[C@H](C)C1CCCCCC1. The summed E-state index contributed by atoms with van der Waals surface area (Å²) in [6.45, 7) is 4.59. The summed E-state index contributed by atoms with van der Waals surface area (Å²) in [7, 11) is 1.75. The third kappa shape index (κ3) is 3.99. The monoisotopic (exact) mass is 275 g/mol. The second-order valence-electron chi connectivity index (χ2n) is 6.17. The molecule has 2 nitrogen and oxygen atoms in total. The third-order valence-electron chi connectivity index (χ3n) is 4.73. The summed E-state index contributed by atoms with van der Waals surface area (Å²) in [5.74, 6) is 1.82. The van der Waals surface area contributed by atoms with E-state index in [0.29, 0.717) is 12.1 Å². The first-order chi connectivity index (χ1) is 9.72. The van der Waals surface area contributed by atoms with E-state index in [9.17, 15) is 0 Å². The minimum absolute atomic E-state index is 0.337. The van der Waals surface area contributed by atoms with Gasteiger partial charge in [-0.15, -0.1) is 0 Å². The molecule has 112 valence electrons. The average molecular weight is 275 g/mol. The number of rotatable bonds is 5. The Morgan fingerprint density at radius 3 is 2.35 bits per heavy atom. The van der Waals surface area contributed by atoms with Crippen LogP contribution in [0.4, 0.5) is 0 Å². The Labute approximate surface area is 123 Å². The van der Waals surface area contributed by atoms with E-state index in [1.807, 2.05) is 12.1 Å². The van der Waals surface area contributed by atoms with E-state index in [4.69, 9.17) is 4.74 Å². The maximum absolute atomic E-state index is 5.47. The molecular weight excluding hydrogens is 246 g/mol. The van der Waals surface area contributed by atoms with Gasteiger partial charge in [-0.1, -0.05) is 43.9 Å². The molecule has 0 aliphatic heterocycles. The van der Waals surface area contributed by atoms with Gasteiger partial charge in [0.05, 0.1) is 7.11 Å². The molecule has 1 aromatic rings. The van der Waals surface area contributed by atoms with E-state index in [-0.39, 0.29) is 0 Å². The normalized spacial score (nSPS) is 20.1. The molecule has 20 heavy (non-hydrogen) atoms. The number of benzene rings is 1. The highest BCUT2D eigenvalue weighted by Crippen LogP contribution is 2.29. The Balaban J connectivity index is 1.97. The van der Waals surface area contributed by atoms with Crippen molar-refractivity contribution in [3.8, 4) is 5.75 Å². The third-order valence-corrected chi connectivity index (χ3v) is 4.73. The zero-order chi connectivity index (χ0) is 14.4. The molecule has 0 radical (unpaired) electrons. The summed E-state index contributed by atoms with van der Waals surface area (Å²) < 4.78 is 5.47. The summed E-state index contributed by atoms with van der Waals surface area (Å²) >= 11 is 0. The van der Waals surface area contributed by atoms with E-state index in [0.717, 1.165) is 11.7 Å². The first kappa shape index (κ1) is 15.4. The average Bonchev–Trinajstić information content (AvgIpc) is 2.76. The van der Waals surface area contributed by atoms with E-state index < -0.39 is 0 Å². The van der Waals surface area contributed by atoms with Crippen molar-refractivity contribution >= 4 is 0 Å². The van der Waals surface area contributed by atoms with Crippen molar-refractivity contribution in [2.75, 3.05) is 7.11 Å². The molecule has 0 saturated heterocycles. The van der Waals surface area contributed by atoms with Crippen molar-refractivity contribution in [3.05, 3.63) is 29.8 Å². The van der Waals surface area contributed by atoms with Crippen LogP contribution in [0.25, 0.3) is 0 Å². The van der Waals surface area contributed by atoms with Crippen LogP contribution in [0.1, 0.15) is 64.0 Å². The Kier molecular flexibility index (Phi) is 5.90. The lowest BCUT2D eigenvalue weighted by Crippen LogP contribution is -2.35. The molecule has 0 aromatic heterocycles. The fourth-order valence-corrected chi connectivity index (χ4v) is 3.46. The van der Waals surface area contributed by atoms with Crippen molar-refractivity contribution in [3.63, 3.8) is 0 Å². The standard InChI is InChI=1S/C18H29NO/c1-14(16-10-6-4-5-7-11-16)19-15(2)17-12-8-9-13-18(17)20-3/h8-9,12-16,19H,4-7,10-11H2,1-3H3/t14-,15?/m1/s1. The molecule has 0 amide bonds. The Morgan fingerprint density at radius 1 is 1.05 bits per heavy atom.